The number of methoxy groups -OCH3 is 3. The number of benzene rings is 2. The lowest BCUT2D eigenvalue weighted by Crippen LogP contribution is -2.37. The zero-order valence-corrected chi connectivity index (χ0v) is 15.5. The van der Waals surface area contributed by atoms with Gasteiger partial charge in [0.05, 0.1) is 32.9 Å². The van der Waals surface area contributed by atoms with Crippen LogP contribution in [0.25, 0.3) is 0 Å². The van der Waals surface area contributed by atoms with Crippen LogP contribution in [-0.2, 0) is 4.79 Å². The summed E-state index contributed by atoms with van der Waals surface area (Å²) in [6.07, 6.45) is 0.231. The highest BCUT2D eigenvalue weighted by Crippen LogP contribution is 2.33. The first-order chi connectivity index (χ1) is 13.1. The Morgan fingerprint density at radius 2 is 1.70 bits per heavy atom. The summed E-state index contributed by atoms with van der Waals surface area (Å²) in [6, 6.07) is 12.0. The molecule has 0 spiro atoms. The van der Waals surface area contributed by atoms with Crippen molar-refractivity contribution in [2.75, 3.05) is 32.8 Å². The summed E-state index contributed by atoms with van der Waals surface area (Å²) in [4.78, 5) is 26.6. The maximum atomic E-state index is 12.6. The molecule has 1 heterocycles. The number of nitrogens with zero attached hydrogens (tertiary/aromatic N) is 1. The second-order valence-electron chi connectivity index (χ2n) is 6.12. The summed E-state index contributed by atoms with van der Waals surface area (Å²) in [5.74, 6) is 1.31. The standard InChI is InChI=1S/C20H22N2O5/c1-25-16-7-5-4-6-15(16)20(24)21-13-10-19(23)22(12-13)14-8-9-17(26-2)18(11-14)27-3/h4-9,11,13H,10,12H2,1-3H3,(H,21,24). The van der Waals surface area contributed by atoms with Crippen LogP contribution in [0.5, 0.6) is 17.2 Å². The molecule has 1 unspecified atom stereocenters. The third-order valence-electron chi connectivity index (χ3n) is 4.49. The van der Waals surface area contributed by atoms with Gasteiger partial charge in [0.25, 0.3) is 5.91 Å². The zero-order valence-electron chi connectivity index (χ0n) is 15.5. The van der Waals surface area contributed by atoms with Crippen LogP contribution >= 0.6 is 0 Å². The number of rotatable bonds is 6. The molecule has 1 aliphatic heterocycles. The first-order valence-corrected chi connectivity index (χ1v) is 8.53. The number of amides is 2. The second kappa shape index (κ2) is 7.99. The van der Waals surface area contributed by atoms with Crippen LogP contribution in [0.3, 0.4) is 0 Å². The number of hydrogen-bond acceptors (Lipinski definition) is 5. The van der Waals surface area contributed by atoms with Crippen LogP contribution in [0.15, 0.2) is 42.5 Å². The van der Waals surface area contributed by atoms with E-state index in [0.717, 1.165) is 0 Å². The van der Waals surface area contributed by atoms with Crippen molar-refractivity contribution in [3.63, 3.8) is 0 Å². The number of para-hydroxylation sites is 1. The molecule has 3 rings (SSSR count). The SMILES string of the molecule is COc1ccc(N2CC(NC(=O)c3ccccc3OC)CC2=O)cc1OC. The molecule has 0 radical (unpaired) electrons. The quantitative estimate of drug-likeness (QED) is 0.844. The van der Waals surface area contributed by atoms with E-state index in [0.29, 0.717) is 35.0 Å². The molecule has 7 nitrogen and oxygen atoms in total. The summed E-state index contributed by atoms with van der Waals surface area (Å²) in [7, 11) is 4.62. The van der Waals surface area contributed by atoms with Gasteiger partial charge in [-0.05, 0) is 24.3 Å². The second-order valence-corrected chi connectivity index (χ2v) is 6.12. The van der Waals surface area contributed by atoms with Crippen molar-refractivity contribution in [3.8, 4) is 17.2 Å². The maximum absolute atomic E-state index is 12.6. The topological polar surface area (TPSA) is 77.1 Å². The average Bonchev–Trinajstić information content (AvgIpc) is 3.07. The molecule has 0 aromatic heterocycles. The first kappa shape index (κ1) is 18.6. The number of carbonyl (C=O) groups is 2. The summed E-state index contributed by atoms with van der Waals surface area (Å²) in [6.45, 7) is 0.384. The van der Waals surface area contributed by atoms with Gasteiger partial charge in [0, 0.05) is 24.7 Å². The van der Waals surface area contributed by atoms with Gasteiger partial charge in [-0.3, -0.25) is 9.59 Å². The molecule has 1 aliphatic rings. The highest BCUT2D eigenvalue weighted by Gasteiger charge is 2.32. The molecule has 1 fully saturated rings. The molecule has 0 aliphatic carbocycles. The molecule has 2 aromatic carbocycles. The van der Waals surface area contributed by atoms with Crippen molar-refractivity contribution in [1.29, 1.82) is 0 Å². The van der Waals surface area contributed by atoms with Crippen LogP contribution in [-0.4, -0.2) is 45.7 Å². The Morgan fingerprint density at radius 1 is 1.00 bits per heavy atom. The lowest BCUT2D eigenvalue weighted by atomic mass is 10.1. The van der Waals surface area contributed by atoms with E-state index in [1.807, 2.05) is 0 Å². The van der Waals surface area contributed by atoms with Crippen LogP contribution in [0.1, 0.15) is 16.8 Å². The number of carbonyl (C=O) groups excluding carboxylic acids is 2. The van der Waals surface area contributed by atoms with E-state index in [1.165, 1.54) is 7.11 Å². The van der Waals surface area contributed by atoms with Crippen molar-refractivity contribution >= 4 is 17.5 Å². The largest absolute Gasteiger partial charge is 0.496 e. The lowest BCUT2D eigenvalue weighted by molar-refractivity contribution is -0.117. The molecule has 1 saturated heterocycles. The van der Waals surface area contributed by atoms with Crippen LogP contribution in [0.4, 0.5) is 5.69 Å². The Balaban J connectivity index is 1.73. The molecule has 2 amide bonds. The predicted molar refractivity (Wildman–Crippen MR) is 101 cm³/mol. The fourth-order valence-electron chi connectivity index (χ4n) is 3.14. The molecule has 0 bridgehead atoms. The third-order valence-corrected chi connectivity index (χ3v) is 4.49. The summed E-state index contributed by atoms with van der Waals surface area (Å²) in [5, 5.41) is 2.91. The fraction of sp³-hybridized carbons (Fsp3) is 0.300. The summed E-state index contributed by atoms with van der Waals surface area (Å²) < 4.78 is 15.8. The molecule has 1 N–H and O–H groups in total. The minimum atomic E-state index is -0.289. The molecule has 142 valence electrons. The van der Waals surface area contributed by atoms with Crippen molar-refractivity contribution in [2.45, 2.75) is 12.5 Å². The van der Waals surface area contributed by atoms with Gasteiger partial charge in [-0.15, -0.1) is 0 Å². The Hall–Kier alpha value is -3.22. The van der Waals surface area contributed by atoms with E-state index in [1.54, 1.807) is 61.6 Å². The number of anilines is 1. The van der Waals surface area contributed by atoms with Gasteiger partial charge in [0.15, 0.2) is 11.5 Å². The molecule has 27 heavy (non-hydrogen) atoms. The van der Waals surface area contributed by atoms with E-state index in [-0.39, 0.29) is 24.3 Å². The van der Waals surface area contributed by atoms with Gasteiger partial charge >= 0.3 is 0 Å². The Bertz CT molecular complexity index is 852. The predicted octanol–water partition coefficient (Wildman–Crippen LogP) is 2.25. The first-order valence-electron chi connectivity index (χ1n) is 8.53. The van der Waals surface area contributed by atoms with Crippen LogP contribution in [0.2, 0.25) is 0 Å². The van der Waals surface area contributed by atoms with Gasteiger partial charge in [0.2, 0.25) is 5.91 Å². The molecule has 2 aromatic rings. The van der Waals surface area contributed by atoms with Crippen molar-refractivity contribution in [3.05, 3.63) is 48.0 Å². The van der Waals surface area contributed by atoms with Crippen molar-refractivity contribution < 1.29 is 23.8 Å². The maximum Gasteiger partial charge on any atom is 0.255 e. The fourth-order valence-corrected chi connectivity index (χ4v) is 3.14. The van der Waals surface area contributed by atoms with Crippen molar-refractivity contribution in [2.24, 2.45) is 0 Å². The molecule has 7 heteroatoms. The lowest BCUT2D eigenvalue weighted by Gasteiger charge is -2.19. The van der Waals surface area contributed by atoms with Gasteiger partial charge in [0.1, 0.15) is 5.75 Å². The normalized spacial score (nSPS) is 16.2. The van der Waals surface area contributed by atoms with Crippen molar-refractivity contribution in [1.82, 2.24) is 5.32 Å². The van der Waals surface area contributed by atoms with Gasteiger partial charge < -0.3 is 24.4 Å². The highest BCUT2D eigenvalue weighted by molar-refractivity contribution is 6.00. The smallest absolute Gasteiger partial charge is 0.255 e. The zero-order chi connectivity index (χ0) is 19.4. The highest BCUT2D eigenvalue weighted by atomic mass is 16.5. The number of hydrogen-bond donors (Lipinski definition) is 1. The minimum absolute atomic E-state index is 0.0625. The average molecular weight is 370 g/mol. The molecular formula is C20H22N2O5. The molecule has 1 atom stereocenters. The Kier molecular flexibility index (Phi) is 5.49. The van der Waals surface area contributed by atoms with E-state index in [9.17, 15) is 9.59 Å². The Labute approximate surface area is 157 Å². The van der Waals surface area contributed by atoms with Crippen LogP contribution < -0.4 is 24.4 Å². The summed E-state index contributed by atoms with van der Waals surface area (Å²) in [5.41, 5.74) is 1.14. The molecular weight excluding hydrogens is 348 g/mol. The Morgan fingerprint density at radius 3 is 2.41 bits per heavy atom. The van der Waals surface area contributed by atoms with Crippen LogP contribution in [0, 0.1) is 0 Å². The molecule has 0 saturated carbocycles. The van der Waals surface area contributed by atoms with E-state index in [4.69, 9.17) is 14.2 Å². The van der Waals surface area contributed by atoms with Gasteiger partial charge in [-0.25, -0.2) is 0 Å². The van der Waals surface area contributed by atoms with Gasteiger partial charge in [-0.2, -0.15) is 0 Å². The number of ether oxygens (including phenoxy) is 3. The van der Waals surface area contributed by atoms with Gasteiger partial charge in [-0.1, -0.05) is 12.1 Å². The van der Waals surface area contributed by atoms with E-state index < -0.39 is 0 Å². The van der Waals surface area contributed by atoms with E-state index >= 15 is 0 Å². The summed E-state index contributed by atoms with van der Waals surface area (Å²) >= 11 is 0. The number of nitrogens with one attached hydrogen (secondary N) is 1. The minimum Gasteiger partial charge on any atom is -0.496 e. The monoisotopic (exact) mass is 370 g/mol. The van der Waals surface area contributed by atoms with E-state index in [2.05, 4.69) is 5.32 Å². The third kappa shape index (κ3) is 3.81.